The van der Waals surface area contributed by atoms with Gasteiger partial charge in [-0.15, -0.1) is 0 Å². The first-order chi connectivity index (χ1) is 7.30. The Labute approximate surface area is 101 Å². The van der Waals surface area contributed by atoms with E-state index in [1.807, 2.05) is 0 Å². The SMILES string of the molecule is COC(=O)C(C#N)=CC1(C(=O)O)CC1(Cl)Cl. The lowest BCUT2D eigenvalue weighted by molar-refractivity contribution is -0.141. The van der Waals surface area contributed by atoms with Gasteiger partial charge in [-0.25, -0.2) is 4.79 Å². The standard InChI is InChI=1S/C9H7Cl2NO4/c1-16-6(13)5(3-12)2-8(7(14)15)4-9(8,10)11/h2H,4H2,1H3,(H,14,15). The van der Waals surface area contributed by atoms with Gasteiger partial charge in [-0.1, -0.05) is 23.2 Å². The van der Waals surface area contributed by atoms with Gasteiger partial charge in [-0.2, -0.15) is 5.26 Å². The molecular weight excluding hydrogens is 257 g/mol. The summed E-state index contributed by atoms with van der Waals surface area (Å²) in [7, 11) is 1.09. The fourth-order valence-corrected chi connectivity index (χ4v) is 1.94. The van der Waals surface area contributed by atoms with Gasteiger partial charge in [0.25, 0.3) is 0 Å². The summed E-state index contributed by atoms with van der Waals surface area (Å²) in [5.41, 5.74) is -2.01. The molecule has 0 aromatic heterocycles. The van der Waals surface area contributed by atoms with E-state index < -0.39 is 27.3 Å². The molecule has 1 aliphatic rings. The first kappa shape index (κ1) is 12.8. The van der Waals surface area contributed by atoms with Crippen LogP contribution < -0.4 is 0 Å². The van der Waals surface area contributed by atoms with Gasteiger partial charge in [0.05, 0.1) is 7.11 Å². The summed E-state index contributed by atoms with van der Waals surface area (Å²) in [6, 6.07) is 1.55. The number of rotatable bonds is 3. The molecule has 86 valence electrons. The van der Waals surface area contributed by atoms with E-state index in [4.69, 9.17) is 33.6 Å². The molecular formula is C9H7Cl2NO4. The van der Waals surface area contributed by atoms with Gasteiger partial charge in [0.1, 0.15) is 21.4 Å². The van der Waals surface area contributed by atoms with Crippen LogP contribution in [0, 0.1) is 16.7 Å². The molecule has 16 heavy (non-hydrogen) atoms. The Morgan fingerprint density at radius 2 is 2.06 bits per heavy atom. The molecule has 0 bridgehead atoms. The largest absolute Gasteiger partial charge is 0.481 e. The molecule has 1 N–H and O–H groups in total. The third kappa shape index (κ3) is 1.86. The number of carbonyl (C=O) groups is 2. The summed E-state index contributed by atoms with van der Waals surface area (Å²) in [6.07, 6.45) is 0.891. The zero-order valence-corrected chi connectivity index (χ0v) is 9.67. The van der Waals surface area contributed by atoms with Crippen LogP contribution in [0.25, 0.3) is 0 Å². The number of hydrogen-bond donors (Lipinski definition) is 1. The minimum Gasteiger partial charge on any atom is -0.481 e. The van der Waals surface area contributed by atoms with Crippen LogP contribution in [0.5, 0.6) is 0 Å². The van der Waals surface area contributed by atoms with E-state index in [0.717, 1.165) is 13.2 Å². The van der Waals surface area contributed by atoms with E-state index >= 15 is 0 Å². The van der Waals surface area contributed by atoms with E-state index in [1.165, 1.54) is 0 Å². The van der Waals surface area contributed by atoms with E-state index in [1.54, 1.807) is 6.07 Å². The van der Waals surface area contributed by atoms with E-state index in [2.05, 4.69) is 4.74 Å². The monoisotopic (exact) mass is 263 g/mol. The van der Waals surface area contributed by atoms with Crippen LogP contribution in [-0.4, -0.2) is 28.5 Å². The fraction of sp³-hybridized carbons (Fsp3) is 0.444. The second kappa shape index (κ2) is 3.96. The maximum atomic E-state index is 11.1. The number of halogens is 2. The third-order valence-electron chi connectivity index (χ3n) is 2.33. The Kier molecular flexibility index (Phi) is 3.17. The molecule has 7 heteroatoms. The first-order valence-electron chi connectivity index (χ1n) is 4.13. The van der Waals surface area contributed by atoms with Crippen LogP contribution in [0.3, 0.4) is 0 Å². The number of nitrogens with zero attached hydrogens (tertiary/aromatic N) is 1. The first-order valence-corrected chi connectivity index (χ1v) is 4.89. The molecule has 0 radical (unpaired) electrons. The van der Waals surface area contributed by atoms with Gasteiger partial charge >= 0.3 is 11.9 Å². The number of ether oxygens (including phenoxy) is 1. The number of carboxylic acid groups (broad SMARTS) is 1. The summed E-state index contributed by atoms with van der Waals surface area (Å²) >= 11 is 11.4. The van der Waals surface area contributed by atoms with Crippen molar-refractivity contribution < 1.29 is 19.4 Å². The van der Waals surface area contributed by atoms with Gasteiger partial charge in [0, 0.05) is 6.42 Å². The van der Waals surface area contributed by atoms with Crippen LogP contribution >= 0.6 is 23.2 Å². The van der Waals surface area contributed by atoms with E-state index in [-0.39, 0.29) is 6.42 Å². The molecule has 0 spiro atoms. The summed E-state index contributed by atoms with van der Waals surface area (Å²) in [4.78, 5) is 22.1. The third-order valence-corrected chi connectivity index (χ3v) is 3.27. The molecule has 0 heterocycles. The van der Waals surface area contributed by atoms with Gasteiger partial charge < -0.3 is 9.84 Å². The minimum atomic E-state index is -1.59. The number of esters is 1. The summed E-state index contributed by atoms with van der Waals surface area (Å²) in [6.45, 7) is 0. The van der Waals surface area contributed by atoms with Crippen molar-refractivity contribution >= 4 is 35.1 Å². The molecule has 1 unspecified atom stereocenters. The van der Waals surface area contributed by atoms with Crippen molar-refractivity contribution in [1.29, 1.82) is 5.26 Å². The fourth-order valence-electron chi connectivity index (χ4n) is 1.25. The Bertz CT molecular complexity index is 424. The van der Waals surface area contributed by atoms with Crippen LogP contribution in [0.4, 0.5) is 0 Å². The second-order valence-corrected chi connectivity index (χ2v) is 4.80. The second-order valence-electron chi connectivity index (χ2n) is 3.32. The number of hydrogen-bond acceptors (Lipinski definition) is 4. The van der Waals surface area contributed by atoms with Crippen LogP contribution in [-0.2, 0) is 14.3 Å². The van der Waals surface area contributed by atoms with Crippen molar-refractivity contribution in [3.63, 3.8) is 0 Å². The van der Waals surface area contributed by atoms with Crippen LogP contribution in [0.1, 0.15) is 6.42 Å². The summed E-state index contributed by atoms with van der Waals surface area (Å²) in [5, 5.41) is 17.6. The highest BCUT2D eigenvalue weighted by Crippen LogP contribution is 2.65. The summed E-state index contributed by atoms with van der Waals surface area (Å²) in [5.74, 6) is -2.20. The number of aliphatic carboxylic acids is 1. The van der Waals surface area contributed by atoms with Gasteiger partial charge in [0.15, 0.2) is 0 Å². The van der Waals surface area contributed by atoms with Crippen LogP contribution in [0.2, 0.25) is 0 Å². The quantitative estimate of drug-likeness (QED) is 0.359. The minimum absolute atomic E-state index is 0.0549. The lowest BCUT2D eigenvalue weighted by atomic mass is 10.0. The van der Waals surface area contributed by atoms with Crippen molar-refractivity contribution in [2.24, 2.45) is 5.41 Å². The van der Waals surface area contributed by atoms with Crippen molar-refractivity contribution in [3.05, 3.63) is 11.6 Å². The van der Waals surface area contributed by atoms with Crippen molar-refractivity contribution in [2.75, 3.05) is 7.11 Å². The molecule has 5 nitrogen and oxygen atoms in total. The zero-order chi connectivity index (χ0) is 12.6. The molecule has 0 aliphatic heterocycles. The van der Waals surface area contributed by atoms with Crippen molar-refractivity contribution in [3.8, 4) is 6.07 Å². The lowest BCUT2D eigenvalue weighted by Crippen LogP contribution is -2.20. The Morgan fingerprint density at radius 1 is 1.56 bits per heavy atom. The predicted molar refractivity (Wildman–Crippen MR) is 54.8 cm³/mol. The normalized spacial score (nSPS) is 26.8. The molecule has 1 atom stereocenters. The summed E-state index contributed by atoms with van der Waals surface area (Å²) < 4.78 is 2.82. The Hall–Kier alpha value is -1.25. The average Bonchev–Trinajstić information content (AvgIpc) is 2.77. The zero-order valence-electron chi connectivity index (χ0n) is 8.16. The number of nitriles is 1. The number of alkyl halides is 2. The maximum absolute atomic E-state index is 11.1. The Balaban J connectivity index is 3.11. The molecule has 0 saturated heterocycles. The highest BCUT2D eigenvalue weighted by molar-refractivity contribution is 6.53. The molecule has 0 aromatic rings. The number of carboxylic acids is 1. The molecule has 1 saturated carbocycles. The molecule has 1 rings (SSSR count). The van der Waals surface area contributed by atoms with Gasteiger partial charge in [0.2, 0.25) is 0 Å². The Morgan fingerprint density at radius 3 is 2.31 bits per heavy atom. The lowest BCUT2D eigenvalue weighted by Gasteiger charge is -2.07. The smallest absolute Gasteiger partial charge is 0.348 e. The van der Waals surface area contributed by atoms with Crippen LogP contribution in [0.15, 0.2) is 11.6 Å². The average molecular weight is 264 g/mol. The van der Waals surface area contributed by atoms with Gasteiger partial charge in [-0.05, 0) is 6.08 Å². The topological polar surface area (TPSA) is 87.4 Å². The maximum Gasteiger partial charge on any atom is 0.348 e. The number of methoxy groups -OCH3 is 1. The predicted octanol–water partition coefficient (Wildman–Crippen LogP) is 1.26. The molecule has 0 amide bonds. The van der Waals surface area contributed by atoms with E-state index in [9.17, 15) is 9.59 Å². The molecule has 0 aromatic carbocycles. The van der Waals surface area contributed by atoms with Crippen molar-refractivity contribution in [2.45, 2.75) is 10.8 Å². The highest BCUT2D eigenvalue weighted by Gasteiger charge is 2.71. The highest BCUT2D eigenvalue weighted by atomic mass is 35.5. The van der Waals surface area contributed by atoms with Gasteiger partial charge in [-0.3, -0.25) is 4.79 Å². The van der Waals surface area contributed by atoms with Crippen molar-refractivity contribution in [1.82, 2.24) is 0 Å². The molecule has 1 fully saturated rings. The molecule has 1 aliphatic carbocycles. The number of carbonyl (C=O) groups excluding carboxylic acids is 1. The van der Waals surface area contributed by atoms with E-state index in [0.29, 0.717) is 0 Å².